The first-order chi connectivity index (χ1) is 15.6. The lowest BCUT2D eigenvalue weighted by atomic mass is 10.1. The van der Waals surface area contributed by atoms with Crippen molar-refractivity contribution >= 4 is 23.9 Å². The lowest BCUT2D eigenvalue weighted by Gasteiger charge is -2.17. The van der Waals surface area contributed by atoms with Crippen LogP contribution in [0.15, 0.2) is 18.2 Å². The fraction of sp³-hybridized carbons (Fsp3) is 0.583. The number of ether oxygens (including phenoxy) is 4. The molecule has 1 rings (SSSR count). The Balaban J connectivity index is 2.81. The lowest BCUT2D eigenvalue weighted by Crippen LogP contribution is -2.36. The van der Waals surface area contributed by atoms with Crippen LogP contribution in [0.1, 0.15) is 65.9 Å². The van der Waals surface area contributed by atoms with Crippen LogP contribution in [0.25, 0.3) is 0 Å². The number of hydrogen-bond donors (Lipinski definition) is 1. The molecule has 2 atom stereocenters. The van der Waals surface area contributed by atoms with E-state index in [2.05, 4.69) is 0 Å². The topological polar surface area (TPSA) is 131 Å². The van der Waals surface area contributed by atoms with Crippen LogP contribution in [0.2, 0.25) is 0 Å². The zero-order chi connectivity index (χ0) is 25.0. The molecule has 0 aliphatic carbocycles. The highest BCUT2D eigenvalue weighted by Crippen LogP contribution is 2.30. The predicted octanol–water partition coefficient (Wildman–Crippen LogP) is 3.10. The Morgan fingerprint density at radius 3 is 2.00 bits per heavy atom. The van der Waals surface area contributed by atoms with Crippen molar-refractivity contribution in [3.05, 3.63) is 23.8 Å². The minimum Gasteiger partial charge on any atom is -0.461 e. The van der Waals surface area contributed by atoms with Crippen LogP contribution >= 0.6 is 0 Å². The average molecular weight is 466 g/mol. The third-order valence-electron chi connectivity index (χ3n) is 4.37. The summed E-state index contributed by atoms with van der Waals surface area (Å²) in [5.41, 5.74) is 6.56. The molecule has 0 saturated carbocycles. The van der Waals surface area contributed by atoms with Gasteiger partial charge < -0.3 is 24.7 Å². The van der Waals surface area contributed by atoms with E-state index < -0.39 is 30.1 Å². The highest BCUT2D eigenvalue weighted by atomic mass is 16.6. The Bertz CT molecular complexity index is 821. The molecule has 0 aromatic heterocycles. The van der Waals surface area contributed by atoms with E-state index in [1.54, 1.807) is 26.8 Å². The van der Waals surface area contributed by atoms with E-state index in [1.165, 1.54) is 12.1 Å². The molecular formula is C24H35NO8. The first-order valence-electron chi connectivity index (χ1n) is 11.2. The smallest absolute Gasteiger partial charge is 0.323 e. The van der Waals surface area contributed by atoms with Crippen molar-refractivity contribution in [2.75, 3.05) is 6.61 Å². The molecule has 9 heteroatoms. The number of carbonyl (C=O) groups is 4. The molecule has 0 fully saturated rings. The minimum atomic E-state index is -0.995. The van der Waals surface area contributed by atoms with E-state index in [9.17, 15) is 19.2 Å². The van der Waals surface area contributed by atoms with E-state index in [0.29, 0.717) is 18.4 Å². The molecule has 0 aliphatic heterocycles. The summed E-state index contributed by atoms with van der Waals surface area (Å²) in [6.07, 6.45) is 1.15. The van der Waals surface area contributed by atoms with Gasteiger partial charge in [-0.3, -0.25) is 19.2 Å². The molecule has 0 heterocycles. The maximum absolute atomic E-state index is 12.3. The third kappa shape index (κ3) is 10.5. The van der Waals surface area contributed by atoms with Gasteiger partial charge in [0, 0.05) is 12.8 Å². The summed E-state index contributed by atoms with van der Waals surface area (Å²) >= 11 is 0. The molecule has 184 valence electrons. The quantitative estimate of drug-likeness (QED) is 0.345. The van der Waals surface area contributed by atoms with Crippen LogP contribution in [0, 0.1) is 5.92 Å². The molecule has 33 heavy (non-hydrogen) atoms. The normalized spacial score (nSPS) is 12.6. The van der Waals surface area contributed by atoms with Gasteiger partial charge in [0.2, 0.25) is 0 Å². The van der Waals surface area contributed by atoms with Crippen LogP contribution in [0.3, 0.4) is 0 Å². The molecule has 2 N–H and O–H groups in total. The van der Waals surface area contributed by atoms with E-state index in [-0.39, 0.29) is 49.3 Å². The Morgan fingerprint density at radius 1 is 0.879 bits per heavy atom. The second-order valence-electron chi connectivity index (χ2n) is 8.07. The Labute approximate surface area is 194 Å². The van der Waals surface area contributed by atoms with Gasteiger partial charge in [0.15, 0.2) is 11.5 Å². The molecule has 0 bridgehead atoms. The fourth-order valence-electron chi connectivity index (χ4n) is 2.61. The summed E-state index contributed by atoms with van der Waals surface area (Å²) in [6.45, 7) is 8.62. The zero-order valence-electron chi connectivity index (χ0n) is 20.1. The summed E-state index contributed by atoms with van der Waals surface area (Å²) in [5, 5.41) is 0. The van der Waals surface area contributed by atoms with Gasteiger partial charge in [-0.25, -0.2) is 0 Å². The maximum Gasteiger partial charge on any atom is 0.323 e. The van der Waals surface area contributed by atoms with E-state index in [1.807, 2.05) is 13.8 Å². The monoisotopic (exact) mass is 465 g/mol. The molecule has 0 amide bonds. The molecule has 0 unspecified atom stereocenters. The summed E-state index contributed by atoms with van der Waals surface area (Å²) in [5.74, 6) is -2.01. The third-order valence-corrected chi connectivity index (χ3v) is 4.37. The number of nitrogens with two attached hydrogens (primary N) is 1. The lowest BCUT2D eigenvalue weighted by molar-refractivity contribution is -0.161. The molecule has 1 aromatic rings. The van der Waals surface area contributed by atoms with Gasteiger partial charge in [0.1, 0.15) is 18.8 Å². The van der Waals surface area contributed by atoms with Gasteiger partial charge in [-0.15, -0.1) is 0 Å². The van der Waals surface area contributed by atoms with Crippen molar-refractivity contribution < 1.29 is 38.1 Å². The Hall–Kier alpha value is -2.94. The van der Waals surface area contributed by atoms with Crippen molar-refractivity contribution in [2.24, 2.45) is 11.7 Å². The fourth-order valence-corrected chi connectivity index (χ4v) is 2.61. The van der Waals surface area contributed by atoms with Crippen molar-refractivity contribution in [2.45, 2.75) is 78.9 Å². The number of esters is 4. The van der Waals surface area contributed by atoms with Gasteiger partial charge in [0.05, 0.1) is 5.92 Å². The Morgan fingerprint density at radius 2 is 1.45 bits per heavy atom. The second kappa shape index (κ2) is 14.3. The van der Waals surface area contributed by atoms with Gasteiger partial charge in [-0.1, -0.05) is 33.8 Å². The summed E-state index contributed by atoms with van der Waals surface area (Å²) in [6, 6.07) is 3.66. The number of benzene rings is 1. The summed E-state index contributed by atoms with van der Waals surface area (Å²) in [7, 11) is 0. The van der Waals surface area contributed by atoms with Crippen LogP contribution in [-0.2, 0) is 35.1 Å². The summed E-state index contributed by atoms with van der Waals surface area (Å²) < 4.78 is 21.0. The van der Waals surface area contributed by atoms with Crippen LogP contribution in [0.4, 0.5) is 0 Å². The van der Waals surface area contributed by atoms with Gasteiger partial charge >= 0.3 is 23.9 Å². The maximum atomic E-state index is 12.3. The average Bonchev–Trinajstić information content (AvgIpc) is 2.74. The van der Waals surface area contributed by atoms with Crippen LogP contribution in [-0.4, -0.2) is 42.6 Å². The Kier molecular flexibility index (Phi) is 12.1. The standard InChI is InChI=1S/C24H35NO8/c1-6-8-21(26)32-19-11-10-17(13-20(19)33-22(27)9-7-2)12-18(25)24(29)30-14-16(5)31-23(28)15(3)4/h10-11,13,15-16,18H,6-9,12,14,25H2,1-5H3/t16-,18-/m0/s1. The van der Waals surface area contributed by atoms with E-state index in [4.69, 9.17) is 24.7 Å². The molecule has 0 radical (unpaired) electrons. The van der Waals surface area contributed by atoms with Crippen molar-refractivity contribution in [1.82, 2.24) is 0 Å². The molecular weight excluding hydrogens is 430 g/mol. The van der Waals surface area contributed by atoms with Gasteiger partial charge in [-0.05, 0) is 43.9 Å². The van der Waals surface area contributed by atoms with Crippen molar-refractivity contribution in [1.29, 1.82) is 0 Å². The van der Waals surface area contributed by atoms with Gasteiger partial charge in [-0.2, -0.15) is 0 Å². The van der Waals surface area contributed by atoms with Crippen molar-refractivity contribution in [3.8, 4) is 11.5 Å². The number of carbonyl (C=O) groups excluding carboxylic acids is 4. The molecule has 0 spiro atoms. The predicted molar refractivity (Wildman–Crippen MR) is 121 cm³/mol. The first-order valence-corrected chi connectivity index (χ1v) is 11.2. The second-order valence-corrected chi connectivity index (χ2v) is 8.07. The van der Waals surface area contributed by atoms with E-state index >= 15 is 0 Å². The number of rotatable bonds is 13. The van der Waals surface area contributed by atoms with E-state index in [0.717, 1.165) is 0 Å². The van der Waals surface area contributed by atoms with Crippen LogP contribution in [0.5, 0.6) is 11.5 Å². The molecule has 9 nitrogen and oxygen atoms in total. The molecule has 0 aliphatic rings. The highest BCUT2D eigenvalue weighted by Gasteiger charge is 2.21. The number of hydrogen-bond acceptors (Lipinski definition) is 9. The van der Waals surface area contributed by atoms with Crippen molar-refractivity contribution in [3.63, 3.8) is 0 Å². The SMILES string of the molecule is CCCC(=O)Oc1ccc(C[C@H](N)C(=O)OC[C@H](C)OC(=O)C(C)C)cc1OC(=O)CCC. The molecule has 1 aromatic carbocycles. The van der Waals surface area contributed by atoms with Crippen LogP contribution < -0.4 is 15.2 Å². The largest absolute Gasteiger partial charge is 0.461 e. The minimum absolute atomic E-state index is 0.0881. The zero-order valence-corrected chi connectivity index (χ0v) is 20.1. The summed E-state index contributed by atoms with van der Waals surface area (Å²) in [4.78, 5) is 47.7. The molecule has 0 saturated heterocycles. The highest BCUT2D eigenvalue weighted by molar-refractivity contribution is 5.77. The van der Waals surface area contributed by atoms with Gasteiger partial charge in [0.25, 0.3) is 0 Å². The first kappa shape index (κ1) is 28.1.